The first-order chi connectivity index (χ1) is 10.7. The predicted octanol–water partition coefficient (Wildman–Crippen LogP) is 3.82. The van der Waals surface area contributed by atoms with E-state index in [-0.39, 0.29) is 5.79 Å². The highest BCUT2D eigenvalue weighted by Crippen LogP contribution is 2.48. The Morgan fingerprint density at radius 2 is 1.91 bits per heavy atom. The average molecular weight is 307 g/mol. The molecule has 0 bridgehead atoms. The Morgan fingerprint density at radius 3 is 2.77 bits per heavy atom. The Balaban J connectivity index is 1.32. The van der Waals surface area contributed by atoms with E-state index in [2.05, 4.69) is 11.8 Å². The average Bonchev–Trinajstić information content (AvgIpc) is 2.89. The van der Waals surface area contributed by atoms with Crippen LogP contribution in [0, 0.1) is 17.8 Å². The van der Waals surface area contributed by atoms with Crippen molar-refractivity contribution in [3.05, 3.63) is 0 Å². The van der Waals surface area contributed by atoms with E-state index in [0.717, 1.165) is 37.3 Å². The molecule has 5 unspecified atom stereocenters. The van der Waals surface area contributed by atoms with Crippen LogP contribution in [0.4, 0.5) is 0 Å². The molecule has 2 aliphatic carbocycles. The van der Waals surface area contributed by atoms with Crippen molar-refractivity contribution in [3.8, 4) is 0 Å². The molecule has 4 fully saturated rings. The third-order valence-corrected chi connectivity index (χ3v) is 6.65. The minimum absolute atomic E-state index is 0.204. The number of ether oxygens (including phenoxy) is 2. The summed E-state index contributed by atoms with van der Waals surface area (Å²) < 4.78 is 12.8. The van der Waals surface area contributed by atoms with E-state index in [1.165, 1.54) is 64.5 Å². The van der Waals surface area contributed by atoms with Gasteiger partial charge in [-0.3, -0.25) is 0 Å². The van der Waals surface area contributed by atoms with Crippen molar-refractivity contribution in [2.45, 2.75) is 76.6 Å². The molecule has 126 valence electrons. The molecule has 4 rings (SSSR count). The summed E-state index contributed by atoms with van der Waals surface area (Å²) in [7, 11) is 0. The van der Waals surface area contributed by atoms with Crippen molar-refractivity contribution in [1.82, 2.24) is 4.90 Å². The number of rotatable bonds is 2. The Bertz CT molecular complexity index is 388. The molecule has 4 aliphatic rings. The summed E-state index contributed by atoms with van der Waals surface area (Å²) in [5.41, 5.74) is 0. The lowest BCUT2D eigenvalue weighted by molar-refractivity contribution is -0.208. The second kappa shape index (κ2) is 6.41. The van der Waals surface area contributed by atoms with Gasteiger partial charge in [0.15, 0.2) is 5.79 Å². The summed E-state index contributed by atoms with van der Waals surface area (Å²) in [6, 6.07) is 0. The van der Waals surface area contributed by atoms with Gasteiger partial charge in [-0.2, -0.15) is 0 Å². The molecule has 0 amide bonds. The molecule has 0 N–H and O–H groups in total. The van der Waals surface area contributed by atoms with Crippen molar-refractivity contribution < 1.29 is 9.47 Å². The van der Waals surface area contributed by atoms with E-state index in [0.29, 0.717) is 6.10 Å². The summed E-state index contributed by atoms with van der Waals surface area (Å²) >= 11 is 0. The Labute approximate surface area is 135 Å². The minimum Gasteiger partial charge on any atom is -0.347 e. The van der Waals surface area contributed by atoms with Crippen LogP contribution in [0.3, 0.4) is 0 Å². The molecule has 0 aromatic carbocycles. The Morgan fingerprint density at radius 1 is 1.05 bits per heavy atom. The lowest BCUT2D eigenvalue weighted by Gasteiger charge is -2.43. The number of fused-ring (bicyclic) bond motifs is 1. The SMILES string of the molecule is CC1CCCN(CC2COC3(CCC4CCCCC4C3)O2)C1. The van der Waals surface area contributed by atoms with Crippen molar-refractivity contribution >= 4 is 0 Å². The third-order valence-electron chi connectivity index (χ3n) is 6.65. The van der Waals surface area contributed by atoms with Crippen LogP contribution in [-0.2, 0) is 9.47 Å². The topological polar surface area (TPSA) is 21.7 Å². The Hall–Kier alpha value is -0.120. The first kappa shape index (κ1) is 15.4. The molecule has 3 nitrogen and oxygen atoms in total. The fourth-order valence-corrected chi connectivity index (χ4v) is 5.53. The number of nitrogens with zero attached hydrogens (tertiary/aromatic N) is 1. The van der Waals surface area contributed by atoms with Gasteiger partial charge in [-0.15, -0.1) is 0 Å². The lowest BCUT2D eigenvalue weighted by Crippen LogP contribution is -2.43. The smallest absolute Gasteiger partial charge is 0.169 e. The van der Waals surface area contributed by atoms with Crippen LogP contribution >= 0.6 is 0 Å². The number of likely N-dealkylation sites (tertiary alicyclic amines) is 1. The van der Waals surface area contributed by atoms with Gasteiger partial charge in [0.2, 0.25) is 0 Å². The minimum atomic E-state index is -0.204. The maximum atomic E-state index is 6.51. The van der Waals surface area contributed by atoms with Crippen LogP contribution in [0.15, 0.2) is 0 Å². The van der Waals surface area contributed by atoms with Crippen molar-refractivity contribution in [2.24, 2.45) is 17.8 Å². The third kappa shape index (κ3) is 3.22. The zero-order chi connectivity index (χ0) is 15.0. The molecular weight excluding hydrogens is 274 g/mol. The fraction of sp³-hybridized carbons (Fsp3) is 1.00. The predicted molar refractivity (Wildman–Crippen MR) is 87.7 cm³/mol. The van der Waals surface area contributed by atoms with Gasteiger partial charge in [-0.25, -0.2) is 0 Å². The maximum absolute atomic E-state index is 6.51. The monoisotopic (exact) mass is 307 g/mol. The molecule has 1 spiro atoms. The van der Waals surface area contributed by atoms with Crippen LogP contribution in [0.5, 0.6) is 0 Å². The molecule has 0 aromatic rings. The summed E-state index contributed by atoms with van der Waals surface area (Å²) in [4.78, 5) is 2.60. The first-order valence-corrected chi connectivity index (χ1v) is 9.77. The van der Waals surface area contributed by atoms with Crippen LogP contribution in [-0.4, -0.2) is 43.0 Å². The van der Waals surface area contributed by atoms with Gasteiger partial charge in [0.1, 0.15) is 0 Å². The van der Waals surface area contributed by atoms with Crippen LogP contribution < -0.4 is 0 Å². The van der Waals surface area contributed by atoms with Gasteiger partial charge in [0, 0.05) is 25.9 Å². The van der Waals surface area contributed by atoms with Gasteiger partial charge < -0.3 is 14.4 Å². The first-order valence-electron chi connectivity index (χ1n) is 9.77. The van der Waals surface area contributed by atoms with E-state index < -0.39 is 0 Å². The van der Waals surface area contributed by atoms with E-state index in [9.17, 15) is 0 Å². The largest absolute Gasteiger partial charge is 0.347 e. The van der Waals surface area contributed by atoms with E-state index in [4.69, 9.17) is 9.47 Å². The summed E-state index contributed by atoms with van der Waals surface area (Å²) in [6.07, 6.45) is 12.4. The molecule has 0 aromatic heterocycles. The van der Waals surface area contributed by atoms with Crippen molar-refractivity contribution in [1.29, 1.82) is 0 Å². The van der Waals surface area contributed by atoms with Gasteiger partial charge in [0.05, 0.1) is 12.7 Å². The second-order valence-corrected chi connectivity index (χ2v) is 8.52. The van der Waals surface area contributed by atoms with Crippen molar-refractivity contribution in [3.63, 3.8) is 0 Å². The summed E-state index contributed by atoms with van der Waals surface area (Å²) in [5.74, 6) is 2.48. The zero-order valence-electron chi connectivity index (χ0n) is 14.3. The van der Waals surface area contributed by atoms with Gasteiger partial charge in [-0.05, 0) is 50.0 Å². The fourth-order valence-electron chi connectivity index (χ4n) is 5.53. The standard InChI is InChI=1S/C19H33NO2/c1-15-5-4-10-20(12-15)13-18-14-21-19(22-18)9-8-16-6-2-3-7-17(16)11-19/h15-18H,2-14H2,1H3. The molecule has 0 radical (unpaired) electrons. The highest BCUT2D eigenvalue weighted by atomic mass is 16.7. The van der Waals surface area contributed by atoms with Crippen LogP contribution in [0.2, 0.25) is 0 Å². The van der Waals surface area contributed by atoms with Crippen LogP contribution in [0.25, 0.3) is 0 Å². The maximum Gasteiger partial charge on any atom is 0.169 e. The molecule has 2 aliphatic heterocycles. The van der Waals surface area contributed by atoms with E-state index >= 15 is 0 Å². The molecule has 3 heteroatoms. The zero-order valence-corrected chi connectivity index (χ0v) is 14.3. The highest BCUT2D eigenvalue weighted by molar-refractivity contribution is 4.92. The Kier molecular flexibility index (Phi) is 4.49. The van der Waals surface area contributed by atoms with Crippen molar-refractivity contribution in [2.75, 3.05) is 26.2 Å². The molecule has 22 heavy (non-hydrogen) atoms. The molecule has 2 saturated heterocycles. The molecule has 5 atom stereocenters. The quantitative estimate of drug-likeness (QED) is 0.774. The van der Waals surface area contributed by atoms with Crippen LogP contribution in [0.1, 0.15) is 64.7 Å². The van der Waals surface area contributed by atoms with E-state index in [1.807, 2.05) is 0 Å². The van der Waals surface area contributed by atoms with Gasteiger partial charge >= 0.3 is 0 Å². The van der Waals surface area contributed by atoms with Gasteiger partial charge in [0.25, 0.3) is 0 Å². The number of hydrogen-bond donors (Lipinski definition) is 0. The van der Waals surface area contributed by atoms with E-state index in [1.54, 1.807) is 0 Å². The molecular formula is C19H33NO2. The number of hydrogen-bond acceptors (Lipinski definition) is 3. The molecule has 2 saturated carbocycles. The highest BCUT2D eigenvalue weighted by Gasteiger charge is 2.48. The normalized spacial score (nSPS) is 46.8. The number of piperidine rings is 1. The summed E-state index contributed by atoms with van der Waals surface area (Å²) in [6.45, 7) is 6.78. The summed E-state index contributed by atoms with van der Waals surface area (Å²) in [5, 5.41) is 0. The molecule has 2 heterocycles. The second-order valence-electron chi connectivity index (χ2n) is 8.52. The lowest BCUT2D eigenvalue weighted by atomic mass is 9.69. The van der Waals surface area contributed by atoms with Gasteiger partial charge in [-0.1, -0.05) is 26.2 Å².